The fourth-order valence-electron chi connectivity index (χ4n) is 2.80. The average Bonchev–Trinajstić information content (AvgIpc) is 2.95. The third kappa shape index (κ3) is 4.48. The first-order valence-electron chi connectivity index (χ1n) is 7.69. The quantitative estimate of drug-likeness (QED) is 0.846. The Balaban J connectivity index is 1.75. The Kier molecular flexibility index (Phi) is 5.41. The van der Waals surface area contributed by atoms with E-state index >= 15 is 0 Å². The van der Waals surface area contributed by atoms with Gasteiger partial charge in [-0.3, -0.25) is 9.59 Å². The molecule has 5 heteroatoms. The number of aliphatic carboxylic acids is 1. The van der Waals surface area contributed by atoms with Gasteiger partial charge in [0.2, 0.25) is 5.91 Å². The molecule has 1 aliphatic carbocycles. The molecule has 1 fully saturated rings. The Morgan fingerprint density at radius 3 is 2.73 bits per heavy atom. The van der Waals surface area contributed by atoms with Crippen molar-refractivity contribution in [1.82, 2.24) is 5.32 Å². The Bertz CT molecular complexity index is 543. The molecule has 1 aromatic rings. The Morgan fingerprint density at radius 1 is 1.36 bits per heavy atom. The lowest BCUT2D eigenvalue weighted by atomic mass is 10.0. The summed E-state index contributed by atoms with van der Waals surface area (Å²) in [6.45, 7) is 4.32. The van der Waals surface area contributed by atoms with Crippen molar-refractivity contribution in [3.63, 3.8) is 0 Å². The van der Waals surface area contributed by atoms with Crippen LogP contribution in [0.5, 0.6) is 5.75 Å². The third-order valence-electron chi connectivity index (χ3n) is 4.04. The lowest BCUT2D eigenvalue weighted by molar-refractivity contribution is -0.141. The number of hydrogen-bond acceptors (Lipinski definition) is 3. The highest BCUT2D eigenvalue weighted by Gasteiger charge is 2.33. The summed E-state index contributed by atoms with van der Waals surface area (Å²) in [6, 6.07) is 7.77. The van der Waals surface area contributed by atoms with Crippen LogP contribution in [0.15, 0.2) is 24.3 Å². The number of amides is 1. The first-order chi connectivity index (χ1) is 10.5. The monoisotopic (exact) mass is 305 g/mol. The molecular formula is C17H23NO4. The highest BCUT2D eigenvalue weighted by atomic mass is 16.5. The molecular weight excluding hydrogens is 282 g/mol. The van der Waals surface area contributed by atoms with E-state index in [0.717, 1.165) is 11.3 Å². The lowest BCUT2D eigenvalue weighted by Crippen LogP contribution is -2.36. The maximum atomic E-state index is 12.1. The number of ether oxygens (including phenoxy) is 1. The van der Waals surface area contributed by atoms with Crippen molar-refractivity contribution in [1.29, 1.82) is 0 Å². The van der Waals surface area contributed by atoms with Crippen molar-refractivity contribution >= 4 is 11.9 Å². The van der Waals surface area contributed by atoms with Crippen molar-refractivity contribution in [3.05, 3.63) is 29.8 Å². The van der Waals surface area contributed by atoms with E-state index < -0.39 is 5.97 Å². The number of carbonyl (C=O) groups is 2. The summed E-state index contributed by atoms with van der Waals surface area (Å²) >= 11 is 0. The number of nitrogens with one attached hydrogen (secondary N) is 1. The molecule has 1 aliphatic rings. The third-order valence-corrected chi connectivity index (χ3v) is 4.04. The minimum Gasteiger partial charge on any atom is -0.489 e. The van der Waals surface area contributed by atoms with Crippen LogP contribution in [0, 0.1) is 18.8 Å². The van der Waals surface area contributed by atoms with Crippen LogP contribution in [0.3, 0.4) is 0 Å². The molecule has 0 spiro atoms. The maximum Gasteiger partial charge on any atom is 0.306 e. The highest BCUT2D eigenvalue weighted by Crippen LogP contribution is 2.31. The van der Waals surface area contributed by atoms with Crippen LogP contribution in [0.2, 0.25) is 0 Å². The van der Waals surface area contributed by atoms with E-state index in [1.165, 1.54) is 0 Å². The zero-order valence-electron chi connectivity index (χ0n) is 13.0. The van der Waals surface area contributed by atoms with Gasteiger partial charge in [-0.2, -0.15) is 0 Å². The van der Waals surface area contributed by atoms with Crippen LogP contribution in [0.1, 0.15) is 31.7 Å². The van der Waals surface area contributed by atoms with Gasteiger partial charge in [-0.05, 0) is 50.8 Å². The highest BCUT2D eigenvalue weighted by molar-refractivity contribution is 5.80. The van der Waals surface area contributed by atoms with Crippen LogP contribution in [-0.2, 0) is 9.59 Å². The molecule has 0 bridgehead atoms. The van der Waals surface area contributed by atoms with Gasteiger partial charge in [-0.1, -0.05) is 12.1 Å². The van der Waals surface area contributed by atoms with Gasteiger partial charge in [0, 0.05) is 5.92 Å². The average molecular weight is 305 g/mol. The molecule has 2 rings (SSSR count). The predicted molar refractivity (Wildman–Crippen MR) is 82.7 cm³/mol. The molecule has 1 saturated carbocycles. The van der Waals surface area contributed by atoms with Crippen LogP contribution >= 0.6 is 0 Å². The van der Waals surface area contributed by atoms with Gasteiger partial charge < -0.3 is 15.2 Å². The van der Waals surface area contributed by atoms with Crippen molar-refractivity contribution < 1.29 is 19.4 Å². The summed E-state index contributed by atoms with van der Waals surface area (Å²) in [5.41, 5.74) is 1.12. The summed E-state index contributed by atoms with van der Waals surface area (Å²) in [4.78, 5) is 23.0. The Morgan fingerprint density at radius 2 is 2.09 bits per heavy atom. The fourth-order valence-corrected chi connectivity index (χ4v) is 2.80. The summed E-state index contributed by atoms with van der Waals surface area (Å²) in [6.07, 6.45) is 1.54. The number of benzene rings is 1. The van der Waals surface area contributed by atoms with Crippen LogP contribution in [-0.4, -0.2) is 29.6 Å². The van der Waals surface area contributed by atoms with E-state index in [9.17, 15) is 9.59 Å². The molecule has 3 atom stereocenters. The van der Waals surface area contributed by atoms with Crippen LogP contribution in [0.25, 0.3) is 0 Å². The number of carboxylic acid groups (broad SMARTS) is 1. The molecule has 0 saturated heterocycles. The molecule has 0 aromatic heterocycles. The SMILES string of the molecule is Cc1cccc(OC(C)CNC(=O)[C@@H]2CC[C@H](C(=O)O)C2)c1. The molecule has 22 heavy (non-hydrogen) atoms. The molecule has 2 N–H and O–H groups in total. The number of aryl methyl sites for hydroxylation is 1. The first-order valence-corrected chi connectivity index (χ1v) is 7.69. The smallest absolute Gasteiger partial charge is 0.306 e. The molecule has 1 unspecified atom stereocenters. The molecule has 5 nitrogen and oxygen atoms in total. The summed E-state index contributed by atoms with van der Waals surface area (Å²) in [5, 5.41) is 11.8. The van der Waals surface area contributed by atoms with E-state index in [-0.39, 0.29) is 23.8 Å². The summed E-state index contributed by atoms with van der Waals surface area (Å²) in [7, 11) is 0. The van der Waals surface area contributed by atoms with Gasteiger partial charge in [0.05, 0.1) is 12.5 Å². The molecule has 1 aromatic carbocycles. The van der Waals surface area contributed by atoms with Gasteiger partial charge in [0.1, 0.15) is 11.9 Å². The van der Waals surface area contributed by atoms with Crippen molar-refractivity contribution in [3.8, 4) is 5.75 Å². The second-order valence-corrected chi connectivity index (χ2v) is 6.04. The Hall–Kier alpha value is -2.04. The van der Waals surface area contributed by atoms with E-state index in [1.807, 2.05) is 38.1 Å². The Labute approximate surface area is 130 Å². The van der Waals surface area contributed by atoms with Gasteiger partial charge in [-0.15, -0.1) is 0 Å². The van der Waals surface area contributed by atoms with Crippen molar-refractivity contribution in [2.45, 2.75) is 39.2 Å². The topological polar surface area (TPSA) is 75.6 Å². The van der Waals surface area contributed by atoms with Gasteiger partial charge in [-0.25, -0.2) is 0 Å². The minimum absolute atomic E-state index is 0.0663. The molecule has 120 valence electrons. The van der Waals surface area contributed by atoms with E-state index in [1.54, 1.807) is 0 Å². The summed E-state index contributed by atoms with van der Waals surface area (Å²) in [5.74, 6) is -0.646. The second kappa shape index (κ2) is 7.29. The standard InChI is InChI=1S/C17H23NO4/c1-11-4-3-5-15(8-11)22-12(2)10-18-16(19)13-6-7-14(9-13)17(20)21/h3-5,8,12-14H,6-7,9-10H2,1-2H3,(H,18,19)(H,20,21)/t12?,13-,14+/m1/s1. The largest absolute Gasteiger partial charge is 0.489 e. The maximum absolute atomic E-state index is 12.1. The second-order valence-electron chi connectivity index (χ2n) is 6.04. The van der Waals surface area contributed by atoms with Gasteiger partial charge in [0.25, 0.3) is 0 Å². The molecule has 0 radical (unpaired) electrons. The van der Waals surface area contributed by atoms with Gasteiger partial charge >= 0.3 is 5.97 Å². The molecule has 1 amide bonds. The van der Waals surface area contributed by atoms with Crippen molar-refractivity contribution in [2.75, 3.05) is 6.54 Å². The van der Waals surface area contributed by atoms with E-state index in [0.29, 0.717) is 25.8 Å². The summed E-state index contributed by atoms with van der Waals surface area (Å²) < 4.78 is 5.76. The number of carbonyl (C=O) groups excluding carboxylic acids is 1. The minimum atomic E-state index is -0.800. The van der Waals surface area contributed by atoms with Gasteiger partial charge in [0.15, 0.2) is 0 Å². The number of hydrogen-bond donors (Lipinski definition) is 2. The first kappa shape index (κ1) is 16.3. The number of carboxylic acids is 1. The normalized spacial score (nSPS) is 22.1. The number of rotatable bonds is 6. The van der Waals surface area contributed by atoms with Crippen LogP contribution in [0.4, 0.5) is 0 Å². The lowest BCUT2D eigenvalue weighted by Gasteiger charge is -2.17. The van der Waals surface area contributed by atoms with Crippen LogP contribution < -0.4 is 10.1 Å². The van der Waals surface area contributed by atoms with E-state index in [2.05, 4.69) is 5.32 Å². The zero-order chi connectivity index (χ0) is 16.1. The zero-order valence-corrected chi connectivity index (χ0v) is 13.0. The molecule has 0 aliphatic heterocycles. The predicted octanol–water partition coefficient (Wildman–Crippen LogP) is 2.38. The fraction of sp³-hybridized carbons (Fsp3) is 0.529. The van der Waals surface area contributed by atoms with Crippen molar-refractivity contribution in [2.24, 2.45) is 11.8 Å². The molecule has 0 heterocycles. The van der Waals surface area contributed by atoms with E-state index in [4.69, 9.17) is 9.84 Å².